The Morgan fingerprint density at radius 2 is 1.87 bits per heavy atom. The molecule has 6 rings (SSSR count). The number of aromatic nitrogens is 4. The van der Waals surface area contributed by atoms with Crippen LogP contribution in [0, 0.1) is 0 Å². The molecule has 0 atom stereocenters. The highest BCUT2D eigenvalue weighted by Gasteiger charge is 2.45. The number of halogens is 2. The molecule has 2 aliphatic heterocycles. The minimum atomic E-state index is -0.830. The lowest BCUT2D eigenvalue weighted by atomic mass is 9.83. The zero-order chi connectivity index (χ0) is 27.3. The zero-order valence-corrected chi connectivity index (χ0v) is 22.3. The lowest BCUT2D eigenvalue weighted by Gasteiger charge is -2.43. The molecule has 1 spiro atoms. The Balaban J connectivity index is 1.30. The number of carbonyl (C=O) groups excluding carboxylic acids is 3. The van der Waals surface area contributed by atoms with E-state index in [-0.39, 0.29) is 23.9 Å². The number of piperidine rings is 1. The number of hydrogen-bond donors (Lipinski definition) is 1. The fourth-order valence-corrected chi connectivity index (χ4v) is 5.79. The van der Waals surface area contributed by atoms with Crippen LogP contribution in [0.4, 0.5) is 10.6 Å². The van der Waals surface area contributed by atoms with Gasteiger partial charge in [-0.15, -0.1) is 0 Å². The molecule has 2 amide bonds. The summed E-state index contributed by atoms with van der Waals surface area (Å²) in [4.78, 5) is 52.8. The minimum Gasteiger partial charge on any atom is -0.437 e. The SMILES string of the molecule is CC(=O)c1ncnc2c1c(-c1cccc(Cl)c1Cl)cn2CC(=O)N1CCC2(CC1)OC(=O)Nc1ncccc12. The number of Topliss-reactive ketones (excluding diaryl/α,β-unsaturated/α-hetero) is 1. The van der Waals surface area contributed by atoms with E-state index >= 15 is 0 Å². The summed E-state index contributed by atoms with van der Waals surface area (Å²) in [6.07, 6.45) is 5.01. The van der Waals surface area contributed by atoms with Crippen molar-refractivity contribution in [3.8, 4) is 11.1 Å². The van der Waals surface area contributed by atoms with E-state index in [2.05, 4.69) is 20.3 Å². The monoisotopic (exact) mass is 564 g/mol. The highest BCUT2D eigenvalue weighted by atomic mass is 35.5. The number of ether oxygens (including phenoxy) is 1. The van der Waals surface area contributed by atoms with Gasteiger partial charge in [0, 0.05) is 61.9 Å². The van der Waals surface area contributed by atoms with Crippen LogP contribution in [0.3, 0.4) is 0 Å². The van der Waals surface area contributed by atoms with Gasteiger partial charge in [0.2, 0.25) is 5.91 Å². The number of fused-ring (bicyclic) bond motifs is 3. The number of nitrogens with zero attached hydrogens (tertiary/aromatic N) is 5. The van der Waals surface area contributed by atoms with Crippen molar-refractivity contribution in [2.75, 3.05) is 18.4 Å². The third kappa shape index (κ3) is 4.29. The number of pyridine rings is 1. The van der Waals surface area contributed by atoms with E-state index in [0.29, 0.717) is 64.0 Å². The maximum atomic E-state index is 13.5. The van der Waals surface area contributed by atoms with Gasteiger partial charge < -0.3 is 14.2 Å². The number of nitrogens with one attached hydrogen (secondary N) is 1. The summed E-state index contributed by atoms with van der Waals surface area (Å²) >= 11 is 12.8. The Bertz CT molecular complexity index is 1660. The summed E-state index contributed by atoms with van der Waals surface area (Å²) in [5.41, 5.74) is 1.87. The van der Waals surface area contributed by atoms with Crippen molar-refractivity contribution in [2.24, 2.45) is 0 Å². The van der Waals surface area contributed by atoms with E-state index in [0.717, 1.165) is 5.56 Å². The van der Waals surface area contributed by atoms with Crippen molar-refractivity contribution >= 4 is 57.8 Å². The zero-order valence-electron chi connectivity index (χ0n) is 20.8. The van der Waals surface area contributed by atoms with Gasteiger partial charge in [-0.2, -0.15) is 0 Å². The summed E-state index contributed by atoms with van der Waals surface area (Å²) in [6.45, 7) is 2.19. The van der Waals surface area contributed by atoms with Gasteiger partial charge in [0.25, 0.3) is 0 Å². The van der Waals surface area contributed by atoms with Crippen LogP contribution < -0.4 is 5.32 Å². The van der Waals surface area contributed by atoms with Gasteiger partial charge in [-0.3, -0.25) is 14.9 Å². The molecule has 39 heavy (non-hydrogen) atoms. The summed E-state index contributed by atoms with van der Waals surface area (Å²) in [5.74, 6) is 0.110. The number of hydrogen-bond acceptors (Lipinski definition) is 7. The second kappa shape index (κ2) is 9.62. The number of ketones is 1. The molecular weight excluding hydrogens is 543 g/mol. The number of amides is 2. The van der Waals surface area contributed by atoms with Crippen molar-refractivity contribution in [2.45, 2.75) is 31.9 Å². The molecule has 198 valence electrons. The predicted molar refractivity (Wildman–Crippen MR) is 145 cm³/mol. The maximum Gasteiger partial charge on any atom is 0.413 e. The molecule has 1 aromatic carbocycles. The third-order valence-corrected chi connectivity index (χ3v) is 8.08. The van der Waals surface area contributed by atoms with Crippen molar-refractivity contribution in [1.29, 1.82) is 0 Å². The first-order chi connectivity index (χ1) is 18.8. The van der Waals surface area contributed by atoms with Gasteiger partial charge in [-0.1, -0.05) is 35.3 Å². The maximum absolute atomic E-state index is 13.5. The second-order valence-electron chi connectivity index (χ2n) is 9.54. The van der Waals surface area contributed by atoms with Crippen LogP contribution >= 0.6 is 23.2 Å². The topological polar surface area (TPSA) is 119 Å². The predicted octanol–water partition coefficient (Wildman–Crippen LogP) is 5.08. The molecule has 3 aromatic heterocycles. The first-order valence-corrected chi connectivity index (χ1v) is 13.1. The molecule has 0 saturated carbocycles. The number of carbonyl (C=O) groups is 3. The smallest absolute Gasteiger partial charge is 0.413 e. The van der Waals surface area contributed by atoms with Gasteiger partial charge in [-0.25, -0.2) is 19.7 Å². The fourth-order valence-electron chi connectivity index (χ4n) is 5.39. The number of anilines is 1. The molecule has 4 aromatic rings. The molecule has 0 unspecified atom stereocenters. The summed E-state index contributed by atoms with van der Waals surface area (Å²) in [6, 6.07) is 8.93. The minimum absolute atomic E-state index is 0.0183. The van der Waals surface area contributed by atoms with Gasteiger partial charge >= 0.3 is 6.09 Å². The number of likely N-dealkylation sites (tertiary alicyclic amines) is 1. The Kier molecular flexibility index (Phi) is 6.23. The molecule has 2 aliphatic rings. The first-order valence-electron chi connectivity index (χ1n) is 12.3. The van der Waals surface area contributed by atoms with Crippen LogP contribution in [0.2, 0.25) is 10.0 Å². The quantitative estimate of drug-likeness (QED) is 0.343. The molecule has 1 saturated heterocycles. The molecular formula is C27H22Cl2N6O4. The largest absolute Gasteiger partial charge is 0.437 e. The van der Waals surface area contributed by atoms with E-state index in [9.17, 15) is 14.4 Å². The Morgan fingerprint density at radius 3 is 2.64 bits per heavy atom. The first kappa shape index (κ1) is 25.3. The van der Waals surface area contributed by atoms with E-state index in [1.165, 1.54) is 13.3 Å². The van der Waals surface area contributed by atoms with Crippen LogP contribution in [0.1, 0.15) is 35.8 Å². The fraction of sp³-hybridized carbons (Fsp3) is 0.259. The van der Waals surface area contributed by atoms with E-state index in [1.54, 1.807) is 46.1 Å². The van der Waals surface area contributed by atoms with E-state index in [4.69, 9.17) is 27.9 Å². The van der Waals surface area contributed by atoms with Crippen LogP contribution in [0.5, 0.6) is 0 Å². The summed E-state index contributed by atoms with van der Waals surface area (Å²) in [5, 5.41) is 3.84. The molecule has 0 aliphatic carbocycles. The molecule has 5 heterocycles. The van der Waals surface area contributed by atoms with Crippen molar-refractivity contribution in [3.05, 3.63) is 70.4 Å². The van der Waals surface area contributed by atoms with Crippen molar-refractivity contribution < 1.29 is 19.1 Å². The lowest BCUT2D eigenvalue weighted by Crippen LogP contribution is -2.50. The second-order valence-corrected chi connectivity index (χ2v) is 10.3. The Hall–Kier alpha value is -4.02. The van der Waals surface area contributed by atoms with Crippen LogP contribution in [-0.2, 0) is 21.7 Å². The molecule has 10 nitrogen and oxygen atoms in total. The lowest BCUT2D eigenvalue weighted by molar-refractivity contribution is -0.136. The average molecular weight is 565 g/mol. The number of rotatable bonds is 4. The van der Waals surface area contributed by atoms with Crippen LogP contribution in [-0.4, -0.2) is 55.3 Å². The van der Waals surface area contributed by atoms with Crippen molar-refractivity contribution in [1.82, 2.24) is 24.4 Å². The van der Waals surface area contributed by atoms with Crippen LogP contribution in [0.25, 0.3) is 22.2 Å². The number of benzene rings is 1. The summed E-state index contributed by atoms with van der Waals surface area (Å²) in [7, 11) is 0. The Morgan fingerprint density at radius 1 is 1.08 bits per heavy atom. The average Bonchev–Trinajstić information content (AvgIpc) is 3.28. The highest BCUT2D eigenvalue weighted by molar-refractivity contribution is 6.44. The molecule has 0 bridgehead atoms. The van der Waals surface area contributed by atoms with Gasteiger partial charge in [-0.05, 0) is 18.2 Å². The van der Waals surface area contributed by atoms with E-state index in [1.807, 2.05) is 6.07 Å². The molecule has 0 radical (unpaired) electrons. The van der Waals surface area contributed by atoms with Crippen LogP contribution in [0.15, 0.2) is 49.1 Å². The standard InChI is InChI=1S/C27H22Cl2N6O4/c1-15(36)23-21-17(16-4-2-6-19(28)22(16)29)12-35(25(21)32-14-31-23)13-20(37)34-10-7-27(8-11-34)18-5-3-9-30-24(18)33-26(38)39-27/h2-6,9,12,14H,7-8,10-11,13H2,1H3,(H,30,33,38). The Labute approximate surface area is 232 Å². The van der Waals surface area contributed by atoms with Gasteiger partial charge in [0.15, 0.2) is 5.78 Å². The molecule has 1 N–H and O–H groups in total. The van der Waals surface area contributed by atoms with Gasteiger partial charge in [0.1, 0.15) is 35.6 Å². The molecule has 12 heteroatoms. The summed E-state index contributed by atoms with van der Waals surface area (Å²) < 4.78 is 7.45. The van der Waals surface area contributed by atoms with Gasteiger partial charge in [0.05, 0.1) is 15.4 Å². The normalized spacial score (nSPS) is 16.1. The molecule has 1 fully saturated rings. The highest BCUT2D eigenvalue weighted by Crippen LogP contribution is 2.43. The van der Waals surface area contributed by atoms with E-state index < -0.39 is 11.7 Å². The third-order valence-electron chi connectivity index (χ3n) is 7.27. The van der Waals surface area contributed by atoms with Crippen molar-refractivity contribution in [3.63, 3.8) is 0 Å².